The van der Waals surface area contributed by atoms with E-state index in [9.17, 15) is 13.6 Å². The van der Waals surface area contributed by atoms with Crippen molar-refractivity contribution >= 4 is 5.97 Å². The Bertz CT molecular complexity index is 526. The lowest BCUT2D eigenvalue weighted by Crippen LogP contribution is -2.11. The Hall–Kier alpha value is -2.36. The number of rotatable bonds is 6. The highest BCUT2D eigenvalue weighted by atomic mass is 19.3. The number of alkyl halides is 2. The second kappa shape index (κ2) is 7.28. The maximum absolute atomic E-state index is 12.4. The van der Waals surface area contributed by atoms with Crippen LogP contribution < -0.4 is 9.47 Å². The van der Waals surface area contributed by atoms with Gasteiger partial charge in [0.15, 0.2) is 11.5 Å². The summed E-state index contributed by atoms with van der Waals surface area (Å²) in [5, 5.41) is 9.09. The largest absolute Gasteiger partial charge is 0.493 e. The molecule has 0 spiro atoms. The SMILES string of the molecule is CCOC(=O)Cc1ccc(OC)c(OC(F)F)c1C#N. The lowest BCUT2D eigenvalue weighted by molar-refractivity contribution is -0.142. The first kappa shape index (κ1) is 15.7. The predicted molar refractivity (Wildman–Crippen MR) is 64.7 cm³/mol. The second-order valence-corrected chi connectivity index (χ2v) is 3.60. The molecular weight excluding hydrogens is 272 g/mol. The van der Waals surface area contributed by atoms with Crippen LogP contribution in [0.3, 0.4) is 0 Å². The van der Waals surface area contributed by atoms with E-state index >= 15 is 0 Å². The van der Waals surface area contributed by atoms with Crippen molar-refractivity contribution in [1.29, 1.82) is 5.26 Å². The van der Waals surface area contributed by atoms with Crippen LogP contribution >= 0.6 is 0 Å². The number of nitriles is 1. The van der Waals surface area contributed by atoms with E-state index in [0.717, 1.165) is 0 Å². The number of hydrogen-bond acceptors (Lipinski definition) is 5. The van der Waals surface area contributed by atoms with Gasteiger partial charge in [0.25, 0.3) is 0 Å². The summed E-state index contributed by atoms with van der Waals surface area (Å²) in [4.78, 5) is 11.4. The molecule has 0 atom stereocenters. The van der Waals surface area contributed by atoms with Gasteiger partial charge in [-0.1, -0.05) is 6.07 Å². The number of hydrogen-bond donors (Lipinski definition) is 0. The van der Waals surface area contributed by atoms with Gasteiger partial charge in [0, 0.05) is 0 Å². The number of nitrogens with zero attached hydrogens (tertiary/aromatic N) is 1. The van der Waals surface area contributed by atoms with E-state index in [1.54, 1.807) is 13.0 Å². The third-order valence-corrected chi connectivity index (χ3v) is 2.39. The van der Waals surface area contributed by atoms with Crippen LogP contribution in [0.4, 0.5) is 8.78 Å². The number of ether oxygens (including phenoxy) is 3. The molecule has 0 saturated heterocycles. The van der Waals surface area contributed by atoms with Crippen LogP contribution in [0.15, 0.2) is 12.1 Å². The monoisotopic (exact) mass is 285 g/mol. The van der Waals surface area contributed by atoms with Crippen LogP contribution in [0, 0.1) is 11.3 Å². The molecule has 0 amide bonds. The van der Waals surface area contributed by atoms with E-state index in [-0.39, 0.29) is 35.7 Å². The Morgan fingerprint density at radius 1 is 1.45 bits per heavy atom. The molecule has 0 aliphatic carbocycles. The highest BCUT2D eigenvalue weighted by Crippen LogP contribution is 2.34. The van der Waals surface area contributed by atoms with Gasteiger partial charge in [0.2, 0.25) is 0 Å². The van der Waals surface area contributed by atoms with Crippen LogP contribution in [-0.2, 0) is 16.0 Å². The summed E-state index contributed by atoms with van der Waals surface area (Å²) < 4.78 is 38.7. The third kappa shape index (κ3) is 3.82. The van der Waals surface area contributed by atoms with Crippen molar-refractivity contribution in [2.24, 2.45) is 0 Å². The van der Waals surface area contributed by atoms with Gasteiger partial charge in [-0.25, -0.2) is 0 Å². The minimum atomic E-state index is -3.10. The molecule has 7 heteroatoms. The van der Waals surface area contributed by atoms with Crippen molar-refractivity contribution < 1.29 is 27.8 Å². The van der Waals surface area contributed by atoms with E-state index in [0.29, 0.717) is 0 Å². The summed E-state index contributed by atoms with van der Waals surface area (Å²) in [6.07, 6.45) is -0.208. The van der Waals surface area contributed by atoms with Crippen LogP contribution in [0.5, 0.6) is 11.5 Å². The van der Waals surface area contributed by atoms with Crippen molar-refractivity contribution in [3.63, 3.8) is 0 Å². The number of carbonyl (C=O) groups excluding carboxylic acids is 1. The van der Waals surface area contributed by atoms with E-state index in [4.69, 9.17) is 14.7 Å². The molecule has 108 valence electrons. The van der Waals surface area contributed by atoms with E-state index in [2.05, 4.69) is 4.74 Å². The molecule has 0 aliphatic rings. The second-order valence-electron chi connectivity index (χ2n) is 3.60. The molecule has 0 radical (unpaired) electrons. The van der Waals surface area contributed by atoms with Crippen molar-refractivity contribution in [2.45, 2.75) is 20.0 Å². The van der Waals surface area contributed by atoms with E-state index in [1.165, 1.54) is 19.2 Å². The van der Waals surface area contributed by atoms with Crippen molar-refractivity contribution in [3.05, 3.63) is 23.3 Å². The zero-order valence-electron chi connectivity index (χ0n) is 11.0. The third-order valence-electron chi connectivity index (χ3n) is 2.39. The molecule has 5 nitrogen and oxygen atoms in total. The van der Waals surface area contributed by atoms with Crippen LogP contribution in [0.2, 0.25) is 0 Å². The Morgan fingerprint density at radius 3 is 2.65 bits per heavy atom. The molecule has 0 aromatic heterocycles. The molecule has 0 bridgehead atoms. The van der Waals surface area contributed by atoms with Gasteiger partial charge in [-0.05, 0) is 18.6 Å². The van der Waals surface area contributed by atoms with E-state index < -0.39 is 12.6 Å². The normalized spacial score (nSPS) is 10.0. The number of halogens is 2. The van der Waals surface area contributed by atoms with Gasteiger partial charge in [-0.3, -0.25) is 4.79 Å². The summed E-state index contributed by atoms with van der Waals surface area (Å²) in [5.74, 6) is -0.946. The first-order valence-electron chi connectivity index (χ1n) is 5.73. The molecule has 0 unspecified atom stereocenters. The van der Waals surface area contributed by atoms with Gasteiger partial charge in [0.05, 0.1) is 20.1 Å². The van der Waals surface area contributed by atoms with Crippen LogP contribution in [0.25, 0.3) is 0 Å². The number of esters is 1. The summed E-state index contributed by atoms with van der Waals surface area (Å²) in [6.45, 7) is -1.27. The maximum atomic E-state index is 12.4. The van der Waals surface area contributed by atoms with Crippen LogP contribution in [-0.4, -0.2) is 26.3 Å². The molecule has 0 aliphatic heterocycles. The standard InChI is InChI=1S/C13H13F2NO4/c1-3-19-11(17)6-8-4-5-10(18-2)12(9(8)7-16)20-13(14)15/h4-5,13H,3,6H2,1-2H3. The molecule has 20 heavy (non-hydrogen) atoms. The van der Waals surface area contributed by atoms with Crippen LogP contribution in [0.1, 0.15) is 18.1 Å². The van der Waals surface area contributed by atoms with Gasteiger partial charge in [0.1, 0.15) is 11.6 Å². The molecule has 1 aromatic carbocycles. The number of methoxy groups -OCH3 is 1. The lowest BCUT2D eigenvalue weighted by Gasteiger charge is -2.14. The highest BCUT2D eigenvalue weighted by Gasteiger charge is 2.20. The molecule has 0 saturated carbocycles. The molecule has 1 rings (SSSR count). The average molecular weight is 285 g/mol. The Balaban J connectivity index is 3.20. The van der Waals surface area contributed by atoms with Gasteiger partial charge in [-0.2, -0.15) is 14.0 Å². The molecule has 0 heterocycles. The Morgan fingerprint density at radius 2 is 2.15 bits per heavy atom. The first-order chi connectivity index (χ1) is 9.53. The summed E-state index contributed by atoms with van der Waals surface area (Å²) >= 11 is 0. The molecule has 0 fully saturated rings. The first-order valence-corrected chi connectivity index (χ1v) is 5.73. The minimum absolute atomic E-state index is 0.00513. The lowest BCUT2D eigenvalue weighted by atomic mass is 10.0. The highest BCUT2D eigenvalue weighted by molar-refractivity contribution is 5.74. The molecule has 1 aromatic rings. The van der Waals surface area contributed by atoms with E-state index in [1.807, 2.05) is 0 Å². The van der Waals surface area contributed by atoms with Crippen molar-refractivity contribution in [1.82, 2.24) is 0 Å². The Labute approximate surface area is 114 Å². The fourth-order valence-electron chi connectivity index (χ4n) is 1.61. The van der Waals surface area contributed by atoms with Gasteiger partial charge in [-0.15, -0.1) is 0 Å². The molecular formula is C13H13F2NO4. The quantitative estimate of drug-likeness (QED) is 0.750. The van der Waals surface area contributed by atoms with Crippen molar-refractivity contribution in [2.75, 3.05) is 13.7 Å². The maximum Gasteiger partial charge on any atom is 0.387 e. The summed E-state index contributed by atoms with van der Waals surface area (Å²) in [6, 6.07) is 4.54. The zero-order chi connectivity index (χ0) is 15.1. The smallest absolute Gasteiger partial charge is 0.387 e. The fraction of sp³-hybridized carbons (Fsp3) is 0.385. The minimum Gasteiger partial charge on any atom is -0.493 e. The number of benzene rings is 1. The summed E-state index contributed by atoms with van der Waals surface area (Å²) in [7, 11) is 1.26. The molecule has 0 N–H and O–H groups in total. The summed E-state index contributed by atoms with van der Waals surface area (Å²) in [5.41, 5.74) is 0.0695. The fourth-order valence-corrected chi connectivity index (χ4v) is 1.61. The average Bonchev–Trinajstić information content (AvgIpc) is 2.39. The number of carbonyl (C=O) groups is 1. The van der Waals surface area contributed by atoms with Gasteiger partial charge >= 0.3 is 12.6 Å². The predicted octanol–water partition coefficient (Wildman–Crippen LogP) is 2.27. The van der Waals surface area contributed by atoms with Crippen molar-refractivity contribution in [3.8, 4) is 17.6 Å². The topological polar surface area (TPSA) is 68.6 Å². The van der Waals surface area contributed by atoms with Gasteiger partial charge < -0.3 is 14.2 Å². The zero-order valence-corrected chi connectivity index (χ0v) is 11.0. The Kier molecular flexibility index (Phi) is 5.72.